The van der Waals surface area contributed by atoms with Gasteiger partial charge in [-0.1, -0.05) is 53.7 Å². The summed E-state index contributed by atoms with van der Waals surface area (Å²) in [6.07, 6.45) is 5.28. The number of aliphatic hydroxyl groups excluding tert-OH is 1. The van der Waals surface area contributed by atoms with E-state index in [9.17, 15) is 5.11 Å². The van der Waals surface area contributed by atoms with Gasteiger partial charge >= 0.3 is 0 Å². The Kier molecular flexibility index (Phi) is 8.75. The topological polar surface area (TPSA) is 29.5 Å². The average Bonchev–Trinajstić information content (AvgIpc) is 2.38. The maximum atomic E-state index is 9.89. The zero-order chi connectivity index (χ0) is 16.7. The highest BCUT2D eigenvalue weighted by Gasteiger charge is 2.46. The lowest BCUT2D eigenvalue weighted by atomic mass is 9.83. The van der Waals surface area contributed by atoms with Crippen molar-refractivity contribution in [2.45, 2.75) is 71.0 Å². The quantitative estimate of drug-likeness (QED) is 0.414. The molecule has 0 aromatic carbocycles. The molecule has 0 aromatic rings. The van der Waals surface area contributed by atoms with Gasteiger partial charge in [0.15, 0.2) is 8.32 Å². The van der Waals surface area contributed by atoms with E-state index >= 15 is 0 Å². The average molecular weight is 313 g/mol. The van der Waals surface area contributed by atoms with E-state index < -0.39 is 8.32 Å². The SMILES string of the molecule is C=CCC(CO)(CC=C)CO[Si](C(C)C)(C(C)C)C(C)C. The molecule has 2 nitrogen and oxygen atoms in total. The number of hydrogen-bond acceptors (Lipinski definition) is 2. The summed E-state index contributed by atoms with van der Waals surface area (Å²) in [5, 5.41) is 9.89. The lowest BCUT2D eigenvalue weighted by Gasteiger charge is -2.45. The standard InChI is InChI=1S/C18H36O2Si/c1-9-11-18(13-19,12-10-2)14-20-21(15(3)4,16(5)6)17(7)8/h9-10,15-17,19H,1-2,11-14H2,3-8H3. The minimum Gasteiger partial charge on any atom is -0.415 e. The minimum atomic E-state index is -1.89. The molecule has 1 N–H and O–H groups in total. The Balaban J connectivity index is 5.34. The Bertz CT molecular complexity index is 289. The molecule has 3 heteroatoms. The monoisotopic (exact) mass is 312 g/mol. The maximum absolute atomic E-state index is 9.89. The van der Waals surface area contributed by atoms with Crippen molar-refractivity contribution in [1.82, 2.24) is 0 Å². The zero-order valence-electron chi connectivity index (χ0n) is 15.0. The van der Waals surface area contributed by atoms with Crippen molar-refractivity contribution < 1.29 is 9.53 Å². The molecule has 0 saturated heterocycles. The van der Waals surface area contributed by atoms with E-state index in [0.29, 0.717) is 23.2 Å². The van der Waals surface area contributed by atoms with Crippen LogP contribution in [-0.2, 0) is 4.43 Å². The largest absolute Gasteiger partial charge is 0.415 e. The predicted molar refractivity (Wildman–Crippen MR) is 96.1 cm³/mol. The first kappa shape index (κ1) is 20.6. The van der Waals surface area contributed by atoms with E-state index in [-0.39, 0.29) is 12.0 Å². The molecule has 0 fully saturated rings. The zero-order valence-corrected chi connectivity index (χ0v) is 16.0. The molecule has 0 amide bonds. The molecule has 0 aliphatic carbocycles. The van der Waals surface area contributed by atoms with Crippen LogP contribution in [-0.4, -0.2) is 26.6 Å². The number of aliphatic hydroxyl groups is 1. The van der Waals surface area contributed by atoms with Gasteiger partial charge in [-0.3, -0.25) is 0 Å². The van der Waals surface area contributed by atoms with E-state index in [1.165, 1.54) is 0 Å². The van der Waals surface area contributed by atoms with Gasteiger partial charge in [0.1, 0.15) is 0 Å². The molecule has 0 saturated carbocycles. The molecule has 0 spiro atoms. The summed E-state index contributed by atoms with van der Waals surface area (Å²) in [6, 6.07) is 0. The van der Waals surface area contributed by atoms with Gasteiger partial charge in [0.25, 0.3) is 0 Å². The Morgan fingerprint density at radius 3 is 1.57 bits per heavy atom. The van der Waals surface area contributed by atoms with E-state index in [0.717, 1.165) is 12.8 Å². The lowest BCUT2D eigenvalue weighted by Crippen LogP contribution is -2.50. The fourth-order valence-electron chi connectivity index (χ4n) is 3.77. The van der Waals surface area contributed by atoms with Crippen LogP contribution in [0.5, 0.6) is 0 Å². The minimum absolute atomic E-state index is 0.115. The van der Waals surface area contributed by atoms with E-state index in [4.69, 9.17) is 4.43 Å². The van der Waals surface area contributed by atoms with Crippen LogP contribution in [0.15, 0.2) is 25.3 Å². The third-order valence-electron chi connectivity index (χ3n) is 4.83. The normalized spacial score (nSPS) is 13.2. The van der Waals surface area contributed by atoms with Gasteiger partial charge < -0.3 is 9.53 Å². The van der Waals surface area contributed by atoms with Crippen LogP contribution in [0, 0.1) is 5.41 Å². The van der Waals surface area contributed by atoms with Crippen molar-refractivity contribution in [3.8, 4) is 0 Å². The van der Waals surface area contributed by atoms with E-state index in [1.807, 2.05) is 12.2 Å². The first-order chi connectivity index (χ1) is 9.72. The van der Waals surface area contributed by atoms with Gasteiger partial charge in [0.2, 0.25) is 0 Å². The lowest BCUT2D eigenvalue weighted by molar-refractivity contribution is 0.0622. The fourth-order valence-corrected chi connectivity index (χ4v) is 9.32. The first-order valence-electron chi connectivity index (χ1n) is 8.19. The Morgan fingerprint density at radius 1 is 0.952 bits per heavy atom. The van der Waals surface area contributed by atoms with Crippen LogP contribution >= 0.6 is 0 Å². The Morgan fingerprint density at radius 2 is 1.33 bits per heavy atom. The summed E-state index contributed by atoms with van der Waals surface area (Å²) in [5.74, 6) is 0. The van der Waals surface area contributed by atoms with Crippen molar-refractivity contribution in [2.75, 3.05) is 13.2 Å². The predicted octanol–water partition coefficient (Wildman–Crippen LogP) is 5.31. The summed E-state index contributed by atoms with van der Waals surface area (Å²) < 4.78 is 6.66. The first-order valence-corrected chi connectivity index (χ1v) is 10.3. The molecule has 0 heterocycles. The molecule has 21 heavy (non-hydrogen) atoms. The molecule has 0 aromatic heterocycles. The second kappa shape index (κ2) is 8.91. The van der Waals surface area contributed by atoms with Crippen LogP contribution in [0.3, 0.4) is 0 Å². The third-order valence-corrected chi connectivity index (χ3v) is 10.9. The summed E-state index contributed by atoms with van der Waals surface area (Å²) in [6.45, 7) is 22.1. The Hall–Kier alpha value is -0.383. The van der Waals surface area contributed by atoms with Crippen molar-refractivity contribution in [3.05, 3.63) is 25.3 Å². The summed E-state index contributed by atoms with van der Waals surface area (Å²) in [5.41, 5.74) is 1.41. The molecular formula is C18H36O2Si. The van der Waals surface area contributed by atoms with Crippen molar-refractivity contribution in [3.63, 3.8) is 0 Å². The van der Waals surface area contributed by atoms with E-state index in [2.05, 4.69) is 54.7 Å². The van der Waals surface area contributed by atoms with Crippen molar-refractivity contribution in [1.29, 1.82) is 0 Å². The van der Waals surface area contributed by atoms with Crippen LogP contribution in [0.2, 0.25) is 16.6 Å². The van der Waals surface area contributed by atoms with Crippen molar-refractivity contribution in [2.24, 2.45) is 5.41 Å². The fraction of sp³-hybridized carbons (Fsp3) is 0.778. The smallest absolute Gasteiger partial charge is 0.200 e. The van der Waals surface area contributed by atoms with Crippen LogP contribution in [0.25, 0.3) is 0 Å². The van der Waals surface area contributed by atoms with Gasteiger partial charge in [-0.25, -0.2) is 0 Å². The highest BCUT2D eigenvalue weighted by Crippen LogP contribution is 2.43. The molecule has 0 aliphatic rings. The molecular weight excluding hydrogens is 276 g/mol. The molecule has 0 aliphatic heterocycles. The van der Waals surface area contributed by atoms with Gasteiger partial charge in [0, 0.05) is 12.0 Å². The number of hydrogen-bond donors (Lipinski definition) is 1. The maximum Gasteiger partial charge on any atom is 0.200 e. The summed E-state index contributed by atoms with van der Waals surface area (Å²) >= 11 is 0. The second-order valence-electron chi connectivity index (χ2n) is 7.25. The summed E-state index contributed by atoms with van der Waals surface area (Å²) in [7, 11) is -1.89. The van der Waals surface area contributed by atoms with E-state index in [1.54, 1.807) is 0 Å². The van der Waals surface area contributed by atoms with Crippen molar-refractivity contribution >= 4 is 8.32 Å². The van der Waals surface area contributed by atoms with Gasteiger partial charge in [-0.05, 0) is 29.5 Å². The number of allylic oxidation sites excluding steroid dienone is 2. The highest BCUT2D eigenvalue weighted by molar-refractivity contribution is 6.77. The second-order valence-corrected chi connectivity index (χ2v) is 12.7. The van der Waals surface area contributed by atoms with Crippen LogP contribution in [0.4, 0.5) is 0 Å². The van der Waals surface area contributed by atoms with Gasteiger partial charge in [-0.2, -0.15) is 0 Å². The molecule has 0 bridgehead atoms. The Labute approximate surface area is 133 Å². The highest BCUT2D eigenvalue weighted by atomic mass is 28.4. The molecule has 124 valence electrons. The molecule has 0 unspecified atom stereocenters. The van der Waals surface area contributed by atoms with Crippen LogP contribution in [0.1, 0.15) is 54.4 Å². The number of rotatable bonds is 11. The van der Waals surface area contributed by atoms with Gasteiger partial charge in [0.05, 0.1) is 6.61 Å². The molecule has 0 rings (SSSR count). The molecule has 0 radical (unpaired) electrons. The molecule has 0 atom stereocenters. The summed E-state index contributed by atoms with van der Waals surface area (Å²) in [4.78, 5) is 0. The van der Waals surface area contributed by atoms with Crippen LogP contribution < -0.4 is 0 Å². The van der Waals surface area contributed by atoms with Gasteiger partial charge in [-0.15, -0.1) is 13.2 Å². The third kappa shape index (κ3) is 4.80.